The summed E-state index contributed by atoms with van der Waals surface area (Å²) in [7, 11) is 0. The zero-order chi connectivity index (χ0) is 17.1. The number of likely N-dealkylation sites (tertiary alicyclic amines) is 1. The molecule has 0 unspecified atom stereocenters. The molecule has 0 aliphatic carbocycles. The number of aryl methyl sites for hydroxylation is 1. The predicted octanol–water partition coefficient (Wildman–Crippen LogP) is 3.00. The third-order valence-electron chi connectivity index (χ3n) is 4.65. The lowest BCUT2D eigenvalue weighted by Gasteiger charge is -2.26. The molecule has 1 N–H and O–H groups in total. The molecule has 1 aliphatic heterocycles. The van der Waals surface area contributed by atoms with Crippen LogP contribution in [-0.4, -0.2) is 35.5 Å². The zero-order valence-electron chi connectivity index (χ0n) is 14.4. The number of esters is 1. The molecule has 2 heterocycles. The van der Waals surface area contributed by atoms with Gasteiger partial charge in [0.1, 0.15) is 0 Å². The van der Waals surface area contributed by atoms with Gasteiger partial charge in [0.2, 0.25) is 0 Å². The highest BCUT2D eigenvalue weighted by atomic mass is 16.5. The number of hydrogen-bond acceptors (Lipinski definition) is 4. The number of H-pyrrole nitrogens is 1. The van der Waals surface area contributed by atoms with Gasteiger partial charge >= 0.3 is 5.97 Å². The highest BCUT2D eigenvalue weighted by molar-refractivity contribution is 5.94. The number of carbonyl (C=O) groups excluding carboxylic acids is 1. The second kappa shape index (κ2) is 7.18. The third-order valence-corrected chi connectivity index (χ3v) is 4.65. The van der Waals surface area contributed by atoms with Crippen molar-refractivity contribution in [2.75, 3.05) is 19.7 Å². The minimum Gasteiger partial charge on any atom is -0.462 e. The quantitative estimate of drug-likeness (QED) is 0.877. The molecule has 2 aromatic rings. The second-order valence-electron chi connectivity index (χ2n) is 6.38. The van der Waals surface area contributed by atoms with Crippen LogP contribution in [0.2, 0.25) is 0 Å². The summed E-state index contributed by atoms with van der Waals surface area (Å²) in [5.74, 6) is -0.392. The number of rotatable bonds is 4. The molecule has 128 valence electrons. The van der Waals surface area contributed by atoms with Crippen molar-refractivity contribution in [1.29, 1.82) is 0 Å². The maximum atomic E-state index is 13.0. The van der Waals surface area contributed by atoms with Gasteiger partial charge in [-0.3, -0.25) is 9.69 Å². The molecule has 0 saturated carbocycles. The number of nitrogens with zero attached hydrogens (tertiary/aromatic N) is 1. The number of carbonyl (C=O) groups is 1. The lowest BCUT2D eigenvalue weighted by atomic mass is 10.0. The molecule has 5 heteroatoms. The average molecular weight is 328 g/mol. The maximum absolute atomic E-state index is 13.0. The summed E-state index contributed by atoms with van der Waals surface area (Å²) in [5, 5.41) is 0.554. The van der Waals surface area contributed by atoms with Crippen LogP contribution < -0.4 is 5.43 Å². The maximum Gasteiger partial charge on any atom is 0.338 e. The normalized spacial score (nSPS) is 15.6. The van der Waals surface area contributed by atoms with Gasteiger partial charge in [0.25, 0.3) is 0 Å². The summed E-state index contributed by atoms with van der Waals surface area (Å²) >= 11 is 0. The first-order valence-electron chi connectivity index (χ1n) is 8.65. The number of nitrogens with one attached hydrogen (secondary N) is 1. The molecule has 0 atom stereocenters. The highest BCUT2D eigenvalue weighted by Crippen LogP contribution is 2.17. The number of ether oxygens (including phenoxy) is 1. The van der Waals surface area contributed by atoms with Gasteiger partial charge in [-0.1, -0.05) is 6.42 Å². The van der Waals surface area contributed by atoms with Crippen molar-refractivity contribution in [3.05, 3.63) is 45.2 Å². The van der Waals surface area contributed by atoms with Crippen molar-refractivity contribution >= 4 is 16.9 Å². The number of benzene rings is 1. The summed E-state index contributed by atoms with van der Waals surface area (Å²) in [6.07, 6.45) is 3.65. The van der Waals surface area contributed by atoms with E-state index in [1.54, 1.807) is 25.1 Å². The van der Waals surface area contributed by atoms with Gasteiger partial charge in [-0.05, 0) is 58.0 Å². The molecule has 0 amide bonds. The zero-order valence-corrected chi connectivity index (χ0v) is 14.4. The lowest BCUT2D eigenvalue weighted by Crippen LogP contribution is -2.32. The fraction of sp³-hybridized carbons (Fsp3) is 0.474. The second-order valence-corrected chi connectivity index (χ2v) is 6.38. The fourth-order valence-corrected chi connectivity index (χ4v) is 3.32. The average Bonchev–Trinajstić information content (AvgIpc) is 2.59. The Kier molecular flexibility index (Phi) is 5.00. The Bertz CT molecular complexity index is 804. The van der Waals surface area contributed by atoms with E-state index in [4.69, 9.17) is 4.74 Å². The van der Waals surface area contributed by atoms with Crippen LogP contribution in [-0.2, 0) is 11.3 Å². The Hall–Kier alpha value is -2.14. The van der Waals surface area contributed by atoms with Crippen LogP contribution in [0.4, 0.5) is 0 Å². The smallest absolute Gasteiger partial charge is 0.338 e. The molecule has 24 heavy (non-hydrogen) atoms. The van der Waals surface area contributed by atoms with E-state index >= 15 is 0 Å². The molecule has 1 aliphatic rings. The van der Waals surface area contributed by atoms with Crippen LogP contribution in [0.15, 0.2) is 23.0 Å². The topological polar surface area (TPSA) is 62.4 Å². The largest absolute Gasteiger partial charge is 0.462 e. The van der Waals surface area contributed by atoms with Crippen molar-refractivity contribution in [3.63, 3.8) is 0 Å². The molecule has 1 saturated heterocycles. The Morgan fingerprint density at radius 3 is 2.71 bits per heavy atom. The molecule has 3 rings (SSSR count). The molecule has 0 radical (unpaired) electrons. The van der Waals surface area contributed by atoms with Crippen LogP contribution in [0, 0.1) is 6.92 Å². The van der Waals surface area contributed by atoms with Crippen LogP contribution in [0.3, 0.4) is 0 Å². The Morgan fingerprint density at radius 1 is 1.25 bits per heavy atom. The molecular weight excluding hydrogens is 304 g/mol. The summed E-state index contributed by atoms with van der Waals surface area (Å²) in [6.45, 7) is 6.78. The summed E-state index contributed by atoms with van der Waals surface area (Å²) in [5.41, 5.74) is 2.89. The van der Waals surface area contributed by atoms with Gasteiger partial charge in [0.15, 0.2) is 5.43 Å². The van der Waals surface area contributed by atoms with E-state index in [2.05, 4.69) is 9.88 Å². The van der Waals surface area contributed by atoms with Crippen LogP contribution in [0.1, 0.15) is 47.8 Å². The molecule has 0 spiro atoms. The monoisotopic (exact) mass is 328 g/mol. The minimum absolute atomic E-state index is 0.0120. The number of pyridine rings is 1. The molecule has 0 bridgehead atoms. The van der Waals surface area contributed by atoms with Gasteiger partial charge in [0.05, 0.1) is 12.2 Å². The van der Waals surface area contributed by atoms with E-state index in [1.807, 2.05) is 6.92 Å². The van der Waals surface area contributed by atoms with Gasteiger partial charge in [0, 0.05) is 28.7 Å². The third kappa shape index (κ3) is 3.36. The van der Waals surface area contributed by atoms with E-state index in [0.717, 1.165) is 29.9 Å². The lowest BCUT2D eigenvalue weighted by molar-refractivity contribution is 0.0526. The molecular formula is C19H24N2O3. The first kappa shape index (κ1) is 16.7. The minimum atomic E-state index is -0.392. The number of hydrogen-bond donors (Lipinski definition) is 1. The van der Waals surface area contributed by atoms with Crippen LogP contribution in [0.25, 0.3) is 10.9 Å². The van der Waals surface area contributed by atoms with Crippen molar-refractivity contribution < 1.29 is 9.53 Å². The van der Waals surface area contributed by atoms with Gasteiger partial charge in [-0.25, -0.2) is 4.79 Å². The van der Waals surface area contributed by atoms with Crippen molar-refractivity contribution in [1.82, 2.24) is 9.88 Å². The molecule has 1 fully saturated rings. The first-order chi connectivity index (χ1) is 11.6. The van der Waals surface area contributed by atoms with Gasteiger partial charge < -0.3 is 9.72 Å². The van der Waals surface area contributed by atoms with Crippen molar-refractivity contribution in [2.24, 2.45) is 0 Å². The van der Waals surface area contributed by atoms with E-state index in [9.17, 15) is 9.59 Å². The molecule has 5 nitrogen and oxygen atoms in total. The van der Waals surface area contributed by atoms with Crippen molar-refractivity contribution in [2.45, 2.75) is 39.7 Å². The van der Waals surface area contributed by atoms with E-state index in [-0.39, 0.29) is 5.43 Å². The molecule has 1 aromatic heterocycles. The van der Waals surface area contributed by atoms with E-state index in [0.29, 0.717) is 24.1 Å². The van der Waals surface area contributed by atoms with Crippen LogP contribution in [0.5, 0.6) is 0 Å². The van der Waals surface area contributed by atoms with Gasteiger partial charge in [-0.15, -0.1) is 0 Å². The highest BCUT2D eigenvalue weighted by Gasteiger charge is 2.17. The number of piperidine rings is 1. The standard InChI is InChI=1S/C19H24N2O3/c1-3-24-19(23)14-7-8-17-15(11-14)18(22)16(13(2)20-17)12-21-9-5-4-6-10-21/h7-8,11H,3-6,9-10,12H2,1-2H3,(H,20,22). The summed E-state index contributed by atoms with van der Waals surface area (Å²) in [4.78, 5) is 30.5. The number of aromatic nitrogens is 1. The van der Waals surface area contributed by atoms with Crippen molar-refractivity contribution in [3.8, 4) is 0 Å². The van der Waals surface area contributed by atoms with E-state index < -0.39 is 5.97 Å². The summed E-state index contributed by atoms with van der Waals surface area (Å²) < 4.78 is 5.03. The molecule has 1 aromatic carbocycles. The first-order valence-corrected chi connectivity index (χ1v) is 8.65. The Labute approximate surface area is 141 Å². The fourth-order valence-electron chi connectivity index (χ4n) is 3.32. The number of aromatic amines is 1. The van der Waals surface area contributed by atoms with Gasteiger partial charge in [-0.2, -0.15) is 0 Å². The SMILES string of the molecule is CCOC(=O)c1ccc2[nH]c(C)c(CN3CCCCC3)c(=O)c2c1. The van der Waals surface area contributed by atoms with Crippen LogP contribution >= 0.6 is 0 Å². The van der Waals surface area contributed by atoms with E-state index in [1.165, 1.54) is 19.3 Å². The summed E-state index contributed by atoms with van der Waals surface area (Å²) in [6, 6.07) is 5.12. The number of fused-ring (bicyclic) bond motifs is 1. The predicted molar refractivity (Wildman–Crippen MR) is 94.4 cm³/mol. The Morgan fingerprint density at radius 2 is 2.00 bits per heavy atom. The Balaban J connectivity index is 2.00.